The van der Waals surface area contributed by atoms with Gasteiger partial charge in [-0.15, -0.1) is 12.3 Å². The summed E-state index contributed by atoms with van der Waals surface area (Å²) in [4.78, 5) is 30.2. The Balaban J connectivity index is 1.77. The Morgan fingerprint density at radius 3 is 2.93 bits per heavy atom. The first-order valence-corrected chi connectivity index (χ1v) is 9.50. The first kappa shape index (κ1) is 17.7. The smallest absolute Gasteiger partial charge is 0.343 e. The van der Waals surface area contributed by atoms with Crippen LogP contribution in [0.5, 0.6) is 0 Å². The molecule has 0 aliphatic carbocycles. The molecule has 6 heteroatoms. The highest BCUT2D eigenvalue weighted by Crippen LogP contribution is 2.38. The summed E-state index contributed by atoms with van der Waals surface area (Å²) in [5.74, 6) is 1.95. The van der Waals surface area contributed by atoms with Gasteiger partial charge in [-0.2, -0.15) is 0 Å². The molecule has 0 radical (unpaired) electrons. The number of cyclic esters (lactones) is 1. The van der Waals surface area contributed by atoms with E-state index < -0.39 is 11.6 Å². The average molecular weight is 386 g/mol. The Labute approximate surface area is 166 Å². The van der Waals surface area contributed by atoms with Crippen LogP contribution in [0.3, 0.4) is 0 Å². The molecule has 4 heterocycles. The average Bonchev–Trinajstić information content (AvgIpc) is 3.08. The van der Waals surface area contributed by atoms with E-state index in [0.717, 1.165) is 22.0 Å². The first-order chi connectivity index (χ1) is 14.0. The van der Waals surface area contributed by atoms with Crippen molar-refractivity contribution in [3.8, 4) is 23.7 Å². The number of rotatable bonds is 2. The van der Waals surface area contributed by atoms with E-state index >= 15 is 0 Å². The molecule has 6 nitrogen and oxygen atoms in total. The van der Waals surface area contributed by atoms with Gasteiger partial charge in [-0.25, -0.2) is 9.78 Å². The van der Waals surface area contributed by atoms with Gasteiger partial charge in [0.1, 0.15) is 6.61 Å². The van der Waals surface area contributed by atoms with Gasteiger partial charge in [-0.3, -0.25) is 4.79 Å². The molecule has 2 aromatic heterocycles. The molecule has 0 amide bonds. The quantitative estimate of drug-likeness (QED) is 0.422. The zero-order valence-electron chi connectivity index (χ0n) is 15.9. The minimum Gasteiger partial charge on any atom is -0.458 e. The largest absolute Gasteiger partial charge is 0.458 e. The van der Waals surface area contributed by atoms with Crippen LogP contribution < -0.4 is 5.56 Å². The van der Waals surface area contributed by atoms with Gasteiger partial charge in [-0.05, 0) is 30.2 Å². The van der Waals surface area contributed by atoms with E-state index in [0.29, 0.717) is 35.5 Å². The van der Waals surface area contributed by atoms with Gasteiger partial charge in [0.05, 0.1) is 29.0 Å². The maximum absolute atomic E-state index is 13.2. The second-order valence-corrected chi connectivity index (χ2v) is 7.46. The highest BCUT2D eigenvalue weighted by atomic mass is 16.6. The number of aliphatic hydroxyl groups is 1. The molecule has 2 aliphatic heterocycles. The van der Waals surface area contributed by atoms with Crippen LogP contribution in [-0.2, 0) is 34.7 Å². The lowest BCUT2D eigenvalue weighted by Crippen LogP contribution is -2.44. The Bertz CT molecular complexity index is 1320. The maximum atomic E-state index is 13.2. The number of hydrogen-bond donors (Lipinski definition) is 1. The van der Waals surface area contributed by atoms with E-state index in [1.807, 2.05) is 24.3 Å². The number of hydrogen-bond acceptors (Lipinski definition) is 5. The van der Waals surface area contributed by atoms with Crippen molar-refractivity contribution in [3.05, 3.63) is 62.9 Å². The number of carbonyl (C=O) groups is 1. The predicted octanol–water partition coefficient (Wildman–Crippen LogP) is 2.26. The van der Waals surface area contributed by atoms with Crippen LogP contribution >= 0.6 is 0 Å². The second kappa shape index (κ2) is 6.03. The maximum Gasteiger partial charge on any atom is 0.343 e. The summed E-state index contributed by atoms with van der Waals surface area (Å²) in [6, 6.07) is 9.55. The number of fused-ring (bicyclic) bond motifs is 5. The number of esters is 1. The zero-order chi connectivity index (χ0) is 20.3. The van der Waals surface area contributed by atoms with Crippen LogP contribution in [0, 0.1) is 12.3 Å². The summed E-state index contributed by atoms with van der Waals surface area (Å²) in [6.07, 6.45) is 6.12. The standard InChI is InChI=1S/C23H18N2O4/c1-3-6-13-7-5-8-18-15(13)9-14-11-25-19(20(14)24-18)10-17-16(21(25)26)12-29-22(27)23(17,28)4-2/h1,5,7-10,28H,4,6,11-12H2,2H3/t23-/m0/s1. The molecule has 144 valence electrons. The van der Waals surface area contributed by atoms with E-state index in [9.17, 15) is 14.7 Å². The molecule has 1 atom stereocenters. The Morgan fingerprint density at radius 2 is 2.17 bits per heavy atom. The van der Waals surface area contributed by atoms with Crippen molar-refractivity contribution in [2.75, 3.05) is 0 Å². The van der Waals surface area contributed by atoms with E-state index in [1.165, 1.54) is 0 Å². The van der Waals surface area contributed by atoms with Crippen molar-refractivity contribution in [3.63, 3.8) is 0 Å². The van der Waals surface area contributed by atoms with Crippen LogP contribution in [0.15, 0.2) is 35.1 Å². The fourth-order valence-electron chi connectivity index (χ4n) is 4.33. The van der Waals surface area contributed by atoms with Gasteiger partial charge in [0.25, 0.3) is 5.56 Å². The van der Waals surface area contributed by atoms with Gasteiger partial charge >= 0.3 is 5.97 Å². The molecular weight excluding hydrogens is 368 g/mol. The molecule has 0 unspecified atom stereocenters. The van der Waals surface area contributed by atoms with E-state index in [1.54, 1.807) is 17.6 Å². The van der Waals surface area contributed by atoms with Crippen LogP contribution in [0.4, 0.5) is 0 Å². The van der Waals surface area contributed by atoms with E-state index in [4.69, 9.17) is 16.1 Å². The van der Waals surface area contributed by atoms with Crippen molar-refractivity contribution in [1.82, 2.24) is 9.55 Å². The molecule has 5 rings (SSSR count). The van der Waals surface area contributed by atoms with Crippen molar-refractivity contribution < 1.29 is 14.6 Å². The summed E-state index contributed by atoms with van der Waals surface area (Å²) in [5, 5.41) is 11.9. The molecule has 0 saturated heterocycles. The van der Waals surface area contributed by atoms with Gasteiger partial charge in [0, 0.05) is 22.9 Å². The molecule has 1 aromatic carbocycles. The molecule has 0 spiro atoms. The topological polar surface area (TPSA) is 81.4 Å². The number of carbonyl (C=O) groups excluding carboxylic acids is 1. The monoisotopic (exact) mass is 386 g/mol. The molecule has 1 N–H and O–H groups in total. The van der Waals surface area contributed by atoms with Crippen molar-refractivity contribution in [1.29, 1.82) is 0 Å². The number of benzene rings is 1. The molecule has 2 aliphatic rings. The number of ether oxygens (including phenoxy) is 1. The highest BCUT2D eigenvalue weighted by Gasteiger charge is 2.45. The molecule has 3 aromatic rings. The van der Waals surface area contributed by atoms with E-state index in [-0.39, 0.29) is 18.6 Å². The minimum atomic E-state index is -1.82. The lowest BCUT2D eigenvalue weighted by Gasteiger charge is -2.31. The van der Waals surface area contributed by atoms with Gasteiger partial charge in [0.2, 0.25) is 0 Å². The number of aromatic nitrogens is 2. The summed E-state index contributed by atoms with van der Waals surface area (Å²) < 4.78 is 6.73. The summed E-state index contributed by atoms with van der Waals surface area (Å²) in [6.45, 7) is 1.93. The fourth-order valence-corrected chi connectivity index (χ4v) is 4.33. The van der Waals surface area contributed by atoms with Crippen LogP contribution in [-0.4, -0.2) is 20.6 Å². The third kappa shape index (κ3) is 2.31. The SMILES string of the molecule is C#CCc1cccc2nc3c(cc12)Cn1c-3cc2c(c1=O)COC(=O)[C@]2(O)CC. The van der Waals surface area contributed by atoms with Crippen molar-refractivity contribution in [2.24, 2.45) is 0 Å². The summed E-state index contributed by atoms with van der Waals surface area (Å²) in [5.41, 5.74) is 2.58. The van der Waals surface area contributed by atoms with E-state index in [2.05, 4.69) is 5.92 Å². The normalized spacial score (nSPS) is 19.3. The number of nitrogens with zero attached hydrogens (tertiary/aromatic N) is 2. The number of pyridine rings is 2. The van der Waals surface area contributed by atoms with Crippen molar-refractivity contribution >= 4 is 16.9 Å². The molecular formula is C23H18N2O4. The van der Waals surface area contributed by atoms with Crippen molar-refractivity contribution in [2.45, 2.75) is 38.5 Å². The Hall–Kier alpha value is -3.43. The minimum absolute atomic E-state index is 0.120. The molecule has 0 saturated carbocycles. The van der Waals surface area contributed by atoms with Gasteiger partial charge in [0.15, 0.2) is 5.60 Å². The van der Waals surface area contributed by atoms with Crippen LogP contribution in [0.1, 0.15) is 35.6 Å². The lowest BCUT2D eigenvalue weighted by atomic mass is 9.86. The van der Waals surface area contributed by atoms with Gasteiger partial charge < -0.3 is 14.4 Å². The highest BCUT2D eigenvalue weighted by molar-refractivity contribution is 5.88. The Kier molecular flexibility index (Phi) is 3.67. The third-order valence-corrected chi connectivity index (χ3v) is 5.93. The van der Waals surface area contributed by atoms with Gasteiger partial charge in [-0.1, -0.05) is 19.1 Å². The second-order valence-electron chi connectivity index (χ2n) is 7.46. The predicted molar refractivity (Wildman–Crippen MR) is 107 cm³/mol. The zero-order valence-corrected chi connectivity index (χ0v) is 15.9. The molecule has 0 fully saturated rings. The summed E-state index contributed by atoms with van der Waals surface area (Å²) in [7, 11) is 0. The third-order valence-electron chi connectivity index (χ3n) is 5.93. The Morgan fingerprint density at radius 1 is 1.34 bits per heavy atom. The lowest BCUT2D eigenvalue weighted by molar-refractivity contribution is -0.172. The summed E-state index contributed by atoms with van der Waals surface area (Å²) >= 11 is 0. The first-order valence-electron chi connectivity index (χ1n) is 9.50. The fraction of sp³-hybridized carbons (Fsp3) is 0.261. The number of terminal acetylenes is 1. The molecule has 0 bridgehead atoms. The van der Waals surface area contributed by atoms with Crippen LogP contribution in [0.2, 0.25) is 0 Å². The molecule has 29 heavy (non-hydrogen) atoms. The van der Waals surface area contributed by atoms with Crippen LogP contribution in [0.25, 0.3) is 22.3 Å².